The molecule has 6 heteroatoms. The van der Waals surface area contributed by atoms with Crippen LogP contribution in [0.1, 0.15) is 52.4 Å². The Morgan fingerprint density at radius 2 is 1.91 bits per heavy atom. The van der Waals surface area contributed by atoms with Gasteiger partial charge in [-0.2, -0.15) is 0 Å². The summed E-state index contributed by atoms with van der Waals surface area (Å²) in [4.78, 5) is 26.4. The summed E-state index contributed by atoms with van der Waals surface area (Å²) in [5, 5.41) is 6.82. The number of fused-ring (bicyclic) bond motifs is 2. The van der Waals surface area contributed by atoms with E-state index in [4.69, 9.17) is 0 Å². The van der Waals surface area contributed by atoms with Crippen LogP contribution in [0.4, 0.5) is 0 Å². The molecule has 0 aromatic rings. The number of amides is 2. The van der Waals surface area contributed by atoms with Crippen molar-refractivity contribution in [3.8, 4) is 0 Å². The molecule has 3 aliphatic rings. The molecule has 3 fully saturated rings. The second-order valence-electron chi connectivity index (χ2n) is 7.19. The summed E-state index contributed by atoms with van der Waals surface area (Å²) in [6.07, 6.45) is 5.99. The molecule has 0 saturated carbocycles. The topological polar surface area (TPSA) is 61.4 Å². The zero-order valence-corrected chi connectivity index (χ0v) is 14.3. The first-order valence-corrected chi connectivity index (χ1v) is 8.40. The highest BCUT2D eigenvalue weighted by Crippen LogP contribution is 2.27. The van der Waals surface area contributed by atoms with Crippen LogP contribution in [-0.4, -0.2) is 47.4 Å². The Balaban J connectivity index is 0.00000176. The van der Waals surface area contributed by atoms with Gasteiger partial charge in [0.05, 0.1) is 0 Å². The van der Waals surface area contributed by atoms with Crippen molar-refractivity contribution in [2.24, 2.45) is 5.92 Å². The van der Waals surface area contributed by atoms with E-state index in [0.29, 0.717) is 18.5 Å². The molecule has 3 aliphatic heterocycles. The number of halogens is 1. The molecular formula is C16H28ClN3O2. The molecule has 0 aliphatic carbocycles. The van der Waals surface area contributed by atoms with Gasteiger partial charge >= 0.3 is 0 Å². The molecule has 3 saturated heterocycles. The highest BCUT2D eigenvalue weighted by Gasteiger charge is 2.38. The predicted octanol–water partition coefficient (Wildman–Crippen LogP) is 1.45. The monoisotopic (exact) mass is 329 g/mol. The molecular weight excluding hydrogens is 302 g/mol. The fraction of sp³-hybridized carbons (Fsp3) is 0.875. The molecule has 126 valence electrons. The van der Waals surface area contributed by atoms with E-state index in [9.17, 15) is 9.59 Å². The summed E-state index contributed by atoms with van der Waals surface area (Å²) in [5.74, 6) is 0.339. The molecule has 2 N–H and O–H groups in total. The quantitative estimate of drug-likeness (QED) is 0.820. The van der Waals surface area contributed by atoms with Crippen molar-refractivity contribution in [3.63, 3.8) is 0 Å². The maximum absolute atomic E-state index is 12.7. The third-order valence-corrected chi connectivity index (χ3v) is 5.17. The summed E-state index contributed by atoms with van der Waals surface area (Å²) in [6, 6.07) is 1.11. The number of rotatable bonds is 4. The van der Waals surface area contributed by atoms with Crippen molar-refractivity contribution in [2.75, 3.05) is 6.54 Å². The normalized spacial score (nSPS) is 32.0. The summed E-state index contributed by atoms with van der Waals surface area (Å²) in [6.45, 7) is 4.79. The average Bonchev–Trinajstić information content (AvgIpc) is 2.96. The van der Waals surface area contributed by atoms with Crippen molar-refractivity contribution in [1.82, 2.24) is 15.5 Å². The highest BCUT2D eigenvalue weighted by atomic mass is 35.5. The molecule has 3 unspecified atom stereocenters. The minimum absolute atomic E-state index is 0. The fourth-order valence-corrected chi connectivity index (χ4v) is 4.23. The molecule has 0 radical (unpaired) electrons. The molecule has 2 bridgehead atoms. The maximum atomic E-state index is 12.7. The van der Waals surface area contributed by atoms with Crippen molar-refractivity contribution in [1.29, 1.82) is 0 Å². The van der Waals surface area contributed by atoms with Crippen LogP contribution in [-0.2, 0) is 9.59 Å². The molecule has 0 aromatic carbocycles. The second-order valence-corrected chi connectivity index (χ2v) is 7.19. The summed E-state index contributed by atoms with van der Waals surface area (Å²) < 4.78 is 0. The fourth-order valence-electron chi connectivity index (χ4n) is 4.23. The number of nitrogens with zero attached hydrogens (tertiary/aromatic N) is 1. The van der Waals surface area contributed by atoms with Gasteiger partial charge in [-0.25, -0.2) is 0 Å². The molecule has 3 atom stereocenters. The minimum atomic E-state index is -0.299. The van der Waals surface area contributed by atoms with Gasteiger partial charge in [-0.15, -0.1) is 12.4 Å². The molecule has 22 heavy (non-hydrogen) atoms. The number of nitrogens with one attached hydrogen (secondary N) is 2. The Morgan fingerprint density at radius 1 is 1.27 bits per heavy atom. The van der Waals surface area contributed by atoms with Crippen molar-refractivity contribution < 1.29 is 9.59 Å². The van der Waals surface area contributed by atoms with Crippen molar-refractivity contribution in [2.45, 2.75) is 76.5 Å². The Bertz CT molecular complexity index is 418. The molecule has 0 spiro atoms. The lowest BCUT2D eigenvalue weighted by Gasteiger charge is -2.34. The largest absolute Gasteiger partial charge is 0.351 e. The van der Waals surface area contributed by atoms with E-state index in [0.717, 1.165) is 25.8 Å². The zero-order chi connectivity index (χ0) is 15.0. The van der Waals surface area contributed by atoms with Crippen LogP contribution in [0.15, 0.2) is 0 Å². The summed E-state index contributed by atoms with van der Waals surface area (Å²) in [7, 11) is 0. The first-order chi connectivity index (χ1) is 10.0. The van der Waals surface area contributed by atoms with Gasteiger partial charge in [-0.1, -0.05) is 13.8 Å². The van der Waals surface area contributed by atoms with E-state index >= 15 is 0 Å². The van der Waals surface area contributed by atoms with E-state index in [1.165, 1.54) is 12.8 Å². The molecule has 5 nitrogen and oxygen atoms in total. The second kappa shape index (κ2) is 7.18. The van der Waals surface area contributed by atoms with E-state index in [1.54, 1.807) is 4.90 Å². The standard InChI is InChI=1S/C16H27N3O2.ClH/c1-10(2)15(19-7-3-4-14(19)20)16(21)18-13-8-11-5-6-12(9-13)17-11;/h10-13,15,17H,3-9H2,1-2H3,(H,18,21);1H. The zero-order valence-electron chi connectivity index (χ0n) is 13.5. The minimum Gasteiger partial charge on any atom is -0.351 e. The molecule has 0 aromatic heterocycles. The van der Waals surface area contributed by atoms with Crippen LogP contribution in [0.25, 0.3) is 0 Å². The number of hydrogen-bond donors (Lipinski definition) is 2. The van der Waals surface area contributed by atoms with Gasteiger partial charge in [0.2, 0.25) is 11.8 Å². The van der Waals surface area contributed by atoms with Gasteiger partial charge in [-0.3, -0.25) is 9.59 Å². The Labute approximate surface area is 139 Å². The number of hydrogen-bond acceptors (Lipinski definition) is 3. The van der Waals surface area contributed by atoms with E-state index in [1.807, 2.05) is 13.8 Å². The first-order valence-electron chi connectivity index (χ1n) is 8.40. The van der Waals surface area contributed by atoms with Gasteiger partial charge in [0.1, 0.15) is 6.04 Å². The SMILES string of the molecule is CC(C)C(C(=O)NC1CC2CCC(C1)N2)N1CCCC1=O.Cl. The lowest BCUT2D eigenvalue weighted by Crippen LogP contribution is -2.55. The van der Waals surface area contributed by atoms with Crippen LogP contribution in [0, 0.1) is 5.92 Å². The van der Waals surface area contributed by atoms with Crippen LogP contribution in [0.2, 0.25) is 0 Å². The Hall–Kier alpha value is -0.810. The number of piperidine rings is 1. The Kier molecular flexibility index (Phi) is 5.72. The lowest BCUT2D eigenvalue weighted by atomic mass is 9.97. The van der Waals surface area contributed by atoms with Crippen LogP contribution in [0.3, 0.4) is 0 Å². The highest BCUT2D eigenvalue weighted by molar-refractivity contribution is 5.89. The summed E-state index contributed by atoms with van der Waals surface area (Å²) in [5.41, 5.74) is 0. The number of carbonyl (C=O) groups is 2. The number of carbonyl (C=O) groups excluding carboxylic acids is 2. The van der Waals surface area contributed by atoms with Crippen molar-refractivity contribution >= 4 is 24.2 Å². The third-order valence-electron chi connectivity index (χ3n) is 5.17. The summed E-state index contributed by atoms with van der Waals surface area (Å²) >= 11 is 0. The van der Waals surface area contributed by atoms with E-state index < -0.39 is 0 Å². The lowest BCUT2D eigenvalue weighted by molar-refractivity contribution is -0.139. The van der Waals surface area contributed by atoms with Crippen LogP contribution >= 0.6 is 12.4 Å². The Morgan fingerprint density at radius 3 is 2.41 bits per heavy atom. The van der Waals surface area contributed by atoms with E-state index in [-0.39, 0.29) is 42.2 Å². The van der Waals surface area contributed by atoms with Crippen molar-refractivity contribution in [3.05, 3.63) is 0 Å². The van der Waals surface area contributed by atoms with Crippen LogP contribution in [0.5, 0.6) is 0 Å². The maximum Gasteiger partial charge on any atom is 0.243 e. The third kappa shape index (κ3) is 3.57. The smallest absolute Gasteiger partial charge is 0.243 e. The average molecular weight is 330 g/mol. The molecule has 3 rings (SSSR count). The van der Waals surface area contributed by atoms with Gasteiger partial charge < -0.3 is 15.5 Å². The molecule has 2 amide bonds. The van der Waals surface area contributed by atoms with Gasteiger partial charge in [-0.05, 0) is 38.0 Å². The van der Waals surface area contributed by atoms with Gasteiger partial charge in [0, 0.05) is 31.1 Å². The van der Waals surface area contributed by atoms with Gasteiger partial charge in [0.25, 0.3) is 0 Å². The van der Waals surface area contributed by atoms with E-state index in [2.05, 4.69) is 10.6 Å². The first kappa shape index (κ1) is 17.5. The number of likely N-dealkylation sites (tertiary alicyclic amines) is 1. The van der Waals surface area contributed by atoms with Crippen LogP contribution < -0.4 is 10.6 Å². The molecule has 3 heterocycles. The predicted molar refractivity (Wildman–Crippen MR) is 87.9 cm³/mol. The van der Waals surface area contributed by atoms with Gasteiger partial charge in [0.15, 0.2) is 0 Å².